The summed E-state index contributed by atoms with van der Waals surface area (Å²) in [4.78, 5) is 19.1. The predicted molar refractivity (Wildman–Crippen MR) is 86.0 cm³/mol. The fourth-order valence-corrected chi connectivity index (χ4v) is 2.46. The zero-order valence-electron chi connectivity index (χ0n) is 12.8. The van der Waals surface area contributed by atoms with Gasteiger partial charge in [-0.3, -0.25) is 4.79 Å². The number of carbonyl (C=O) groups excluding carboxylic acids is 1. The smallest absolute Gasteiger partial charge is 0.254 e. The average molecular weight is 286 g/mol. The molecule has 0 saturated heterocycles. The molecule has 5 nitrogen and oxygen atoms in total. The molecule has 21 heavy (non-hydrogen) atoms. The lowest BCUT2D eigenvalue weighted by molar-refractivity contribution is 0.0702. The lowest BCUT2D eigenvalue weighted by atomic mass is 10.1. The van der Waals surface area contributed by atoms with Crippen LogP contribution in [0.3, 0.4) is 0 Å². The summed E-state index contributed by atoms with van der Waals surface area (Å²) in [6.07, 6.45) is 0.921. The van der Waals surface area contributed by atoms with Gasteiger partial charge >= 0.3 is 0 Å². The molecule has 0 fully saturated rings. The molecule has 3 N–H and O–H groups in total. The Kier molecular flexibility index (Phi) is 4.75. The molecule has 1 amide bonds. The van der Waals surface area contributed by atoms with E-state index in [1.54, 1.807) is 6.07 Å². The van der Waals surface area contributed by atoms with E-state index in [0.29, 0.717) is 17.9 Å². The summed E-state index contributed by atoms with van der Waals surface area (Å²) in [7, 11) is 0. The van der Waals surface area contributed by atoms with E-state index in [1.165, 1.54) is 0 Å². The molecule has 1 aromatic heterocycles. The van der Waals surface area contributed by atoms with Gasteiger partial charge in [0.2, 0.25) is 0 Å². The summed E-state index contributed by atoms with van der Waals surface area (Å²) in [6.45, 7) is 6.82. The number of carbonyl (C=O) groups is 1. The van der Waals surface area contributed by atoms with Crippen molar-refractivity contribution in [3.8, 4) is 0 Å². The Morgan fingerprint density at radius 3 is 2.71 bits per heavy atom. The third-order valence-corrected chi connectivity index (χ3v) is 3.82. The van der Waals surface area contributed by atoms with Crippen molar-refractivity contribution in [2.75, 3.05) is 12.0 Å². The highest BCUT2D eigenvalue weighted by atomic mass is 16.2. The van der Waals surface area contributed by atoms with E-state index in [0.717, 1.165) is 17.3 Å². The first kappa shape index (κ1) is 15.3. The summed E-state index contributed by atoms with van der Waals surface area (Å²) < 4.78 is 0. The third kappa shape index (κ3) is 2.97. The Labute approximate surface area is 125 Å². The normalized spacial score (nSPS) is 12.2. The molecule has 1 unspecified atom stereocenters. The monoisotopic (exact) mass is 286 g/mol. The molecule has 5 heteroatoms. The Hall–Kier alpha value is -2.14. The average Bonchev–Trinajstić information content (AvgIpc) is 2.53. The molecule has 1 heterocycles. The second-order valence-electron chi connectivity index (χ2n) is 5.06. The molecule has 0 aliphatic carbocycles. The van der Waals surface area contributed by atoms with Crippen LogP contribution in [0.5, 0.6) is 0 Å². The summed E-state index contributed by atoms with van der Waals surface area (Å²) in [6, 6.07) is 9.53. The van der Waals surface area contributed by atoms with Crippen molar-refractivity contribution in [3.63, 3.8) is 0 Å². The maximum Gasteiger partial charge on any atom is 0.254 e. The second-order valence-corrected chi connectivity index (χ2v) is 5.06. The number of nitrogens with two attached hydrogens (primary N) is 1. The van der Waals surface area contributed by atoms with E-state index in [2.05, 4.69) is 24.3 Å². The molecular weight excluding hydrogens is 264 g/mol. The molecule has 1 atom stereocenters. The highest BCUT2D eigenvalue weighted by Crippen LogP contribution is 2.23. The molecule has 2 rings (SSSR count). The number of nitrogens with one attached hydrogen (secondary N) is 1. The van der Waals surface area contributed by atoms with Gasteiger partial charge < -0.3 is 10.3 Å². The number of hydrogen-bond acceptors (Lipinski definition) is 4. The minimum atomic E-state index is 0.0157. The van der Waals surface area contributed by atoms with E-state index in [-0.39, 0.29) is 11.9 Å². The molecule has 2 aromatic rings. The van der Waals surface area contributed by atoms with Crippen LogP contribution >= 0.6 is 0 Å². The number of nitrogens with zero attached hydrogens (tertiary/aromatic N) is 2. The SMILES string of the molecule is CCC(C)N(CC)C(=O)c1cc(NN)nc2ccccc12. The largest absolute Gasteiger partial charge is 0.336 e. The number of nitrogen functional groups attached to an aromatic ring is 1. The van der Waals surface area contributed by atoms with E-state index in [4.69, 9.17) is 5.84 Å². The zero-order valence-corrected chi connectivity index (χ0v) is 12.8. The molecule has 0 spiro atoms. The topological polar surface area (TPSA) is 71.2 Å². The third-order valence-electron chi connectivity index (χ3n) is 3.82. The number of fused-ring (bicyclic) bond motifs is 1. The van der Waals surface area contributed by atoms with Gasteiger partial charge in [-0.2, -0.15) is 0 Å². The maximum absolute atomic E-state index is 12.9. The van der Waals surface area contributed by atoms with E-state index >= 15 is 0 Å². The number of rotatable bonds is 5. The maximum atomic E-state index is 12.9. The zero-order chi connectivity index (χ0) is 15.4. The Bertz CT molecular complexity index is 641. The fraction of sp³-hybridized carbons (Fsp3) is 0.375. The molecule has 0 aliphatic rings. The van der Waals surface area contributed by atoms with Crippen molar-refractivity contribution in [3.05, 3.63) is 35.9 Å². The highest BCUT2D eigenvalue weighted by Gasteiger charge is 2.21. The number of hydrazine groups is 1. The van der Waals surface area contributed by atoms with Crippen molar-refractivity contribution in [2.24, 2.45) is 5.84 Å². The number of pyridine rings is 1. The van der Waals surface area contributed by atoms with Gasteiger partial charge in [0.05, 0.1) is 11.1 Å². The number of amides is 1. The minimum Gasteiger partial charge on any atom is -0.336 e. The number of benzene rings is 1. The molecule has 0 radical (unpaired) electrons. The van der Waals surface area contributed by atoms with Crippen LogP contribution in [0.1, 0.15) is 37.6 Å². The highest BCUT2D eigenvalue weighted by molar-refractivity contribution is 6.07. The molecular formula is C16H22N4O. The summed E-state index contributed by atoms with van der Waals surface area (Å²) in [5.74, 6) is 5.98. The molecule has 0 aliphatic heterocycles. The lowest BCUT2D eigenvalue weighted by Gasteiger charge is -2.27. The van der Waals surface area contributed by atoms with Crippen molar-refractivity contribution < 1.29 is 4.79 Å². The van der Waals surface area contributed by atoms with Gasteiger partial charge in [-0.25, -0.2) is 10.8 Å². The predicted octanol–water partition coefficient (Wildman–Crippen LogP) is 2.78. The fourth-order valence-electron chi connectivity index (χ4n) is 2.46. The van der Waals surface area contributed by atoms with Gasteiger partial charge in [0, 0.05) is 18.0 Å². The molecule has 0 bridgehead atoms. The van der Waals surface area contributed by atoms with Crippen LogP contribution in [0.2, 0.25) is 0 Å². The number of para-hydroxylation sites is 1. The molecule has 112 valence electrons. The van der Waals surface area contributed by atoms with Gasteiger partial charge in [0.1, 0.15) is 5.82 Å². The van der Waals surface area contributed by atoms with Crippen LogP contribution in [-0.2, 0) is 0 Å². The second kappa shape index (κ2) is 6.54. The Morgan fingerprint density at radius 2 is 2.10 bits per heavy atom. The summed E-state index contributed by atoms with van der Waals surface area (Å²) in [5, 5.41) is 0.850. The van der Waals surface area contributed by atoms with Gasteiger partial charge in [-0.05, 0) is 32.4 Å². The summed E-state index contributed by atoms with van der Waals surface area (Å²) >= 11 is 0. The number of anilines is 1. The Balaban J connectivity index is 2.56. The van der Waals surface area contributed by atoms with Crippen LogP contribution in [0.25, 0.3) is 10.9 Å². The number of aromatic nitrogens is 1. The van der Waals surface area contributed by atoms with E-state index in [9.17, 15) is 4.79 Å². The summed E-state index contributed by atoms with van der Waals surface area (Å²) in [5.41, 5.74) is 3.93. The molecule has 1 aromatic carbocycles. The first-order valence-electron chi connectivity index (χ1n) is 7.29. The quantitative estimate of drug-likeness (QED) is 0.655. The van der Waals surface area contributed by atoms with Crippen molar-refractivity contribution in [1.29, 1.82) is 0 Å². The Morgan fingerprint density at radius 1 is 1.38 bits per heavy atom. The lowest BCUT2D eigenvalue weighted by Crippen LogP contribution is -2.38. The van der Waals surface area contributed by atoms with Crippen molar-refractivity contribution in [2.45, 2.75) is 33.2 Å². The van der Waals surface area contributed by atoms with Crippen LogP contribution in [0, 0.1) is 0 Å². The minimum absolute atomic E-state index is 0.0157. The van der Waals surface area contributed by atoms with Gasteiger partial charge in [0.15, 0.2) is 0 Å². The van der Waals surface area contributed by atoms with E-state index < -0.39 is 0 Å². The number of hydrogen-bond donors (Lipinski definition) is 2. The van der Waals surface area contributed by atoms with Crippen LogP contribution in [0.15, 0.2) is 30.3 Å². The van der Waals surface area contributed by atoms with Gasteiger partial charge in [-0.1, -0.05) is 25.1 Å². The van der Waals surface area contributed by atoms with Crippen LogP contribution < -0.4 is 11.3 Å². The standard InChI is InChI=1S/C16H22N4O/c1-4-11(3)20(5-2)16(21)13-10-15(19-17)18-14-9-7-6-8-12(13)14/h6-11H,4-5,17H2,1-3H3,(H,18,19). The van der Waals surface area contributed by atoms with Crippen molar-refractivity contribution >= 4 is 22.6 Å². The molecule has 0 saturated carbocycles. The van der Waals surface area contributed by atoms with Crippen LogP contribution in [-0.4, -0.2) is 28.4 Å². The first-order valence-corrected chi connectivity index (χ1v) is 7.29. The van der Waals surface area contributed by atoms with E-state index in [1.807, 2.05) is 36.1 Å². The van der Waals surface area contributed by atoms with Crippen LogP contribution in [0.4, 0.5) is 5.82 Å². The van der Waals surface area contributed by atoms with Gasteiger partial charge in [-0.15, -0.1) is 0 Å². The first-order chi connectivity index (χ1) is 10.1. The van der Waals surface area contributed by atoms with Gasteiger partial charge in [0.25, 0.3) is 5.91 Å². The van der Waals surface area contributed by atoms with Crippen molar-refractivity contribution in [1.82, 2.24) is 9.88 Å².